The van der Waals surface area contributed by atoms with E-state index in [0.717, 1.165) is 26.1 Å². The van der Waals surface area contributed by atoms with Gasteiger partial charge in [0, 0.05) is 44.3 Å². The molecule has 10 nitrogen and oxygen atoms in total. The van der Waals surface area contributed by atoms with Gasteiger partial charge in [0.25, 0.3) is 0 Å². The summed E-state index contributed by atoms with van der Waals surface area (Å²) in [7, 11) is 0. The highest BCUT2D eigenvalue weighted by atomic mass is 19.4. The van der Waals surface area contributed by atoms with E-state index in [-0.39, 0.29) is 41.1 Å². The molecule has 2 saturated heterocycles. The Labute approximate surface area is 265 Å². The Bertz CT molecular complexity index is 1540. The van der Waals surface area contributed by atoms with E-state index in [4.69, 9.17) is 15.2 Å². The lowest BCUT2D eigenvalue weighted by atomic mass is 9.96. The molecule has 1 aromatic carbocycles. The molecule has 0 spiro atoms. The number of anilines is 3. The minimum Gasteiger partial charge on any atom is -0.474 e. The van der Waals surface area contributed by atoms with Gasteiger partial charge in [0.05, 0.1) is 37.1 Å². The SMILES string of the molecule is C=NCCNc1nc(N2CC(N3CCOCC3)C2)nc2c(F)c(-c3cc(N)c(F)c(C)c3C(F)(F)F)nc(OC(C)CC)c12.CC. The van der Waals surface area contributed by atoms with Crippen LogP contribution < -0.4 is 20.7 Å². The maximum absolute atomic E-state index is 16.6. The molecule has 2 fully saturated rings. The number of benzene rings is 1. The third-order valence-corrected chi connectivity index (χ3v) is 7.96. The monoisotopic (exact) mass is 652 g/mol. The fourth-order valence-corrected chi connectivity index (χ4v) is 5.35. The summed E-state index contributed by atoms with van der Waals surface area (Å²) in [5, 5.41) is 3.17. The molecular weight excluding hydrogens is 611 g/mol. The Kier molecular flexibility index (Phi) is 11.2. The van der Waals surface area contributed by atoms with Crippen LogP contribution in [0, 0.1) is 18.6 Å². The van der Waals surface area contributed by atoms with Gasteiger partial charge in [-0.25, -0.2) is 18.7 Å². The van der Waals surface area contributed by atoms with E-state index in [1.54, 1.807) is 6.92 Å². The minimum absolute atomic E-state index is 0.0602. The van der Waals surface area contributed by atoms with Crippen LogP contribution in [0.2, 0.25) is 0 Å². The normalized spacial score (nSPS) is 16.4. The lowest BCUT2D eigenvalue weighted by Gasteiger charge is -2.46. The van der Waals surface area contributed by atoms with Crippen molar-refractivity contribution in [3.05, 3.63) is 28.8 Å². The van der Waals surface area contributed by atoms with Crippen LogP contribution in [0.5, 0.6) is 5.88 Å². The lowest BCUT2D eigenvalue weighted by Crippen LogP contribution is -2.62. The number of aliphatic imine (C=N–C) groups is 1. The van der Waals surface area contributed by atoms with Gasteiger partial charge in [-0.3, -0.25) is 9.89 Å². The number of alkyl halides is 3. The number of pyridine rings is 1. The molecule has 5 rings (SSSR count). The fourth-order valence-electron chi connectivity index (χ4n) is 5.35. The zero-order chi connectivity index (χ0) is 33.8. The smallest absolute Gasteiger partial charge is 0.417 e. The highest BCUT2D eigenvalue weighted by Gasteiger charge is 2.40. The average molecular weight is 653 g/mol. The number of ether oxygens (including phenoxy) is 2. The standard InChI is InChI=1S/C29H35F5N8O2.C2H6/c1-5-15(2)44-27-20-25(23(31)24(38-27)18-12-19(35)22(30)16(3)21(18)29(32,33)34)39-28(40-26(20)37-7-6-36-4)42-13-17(14-42)41-8-10-43-11-9-41;1-2/h12,15,17H,4-11,13-14,35H2,1-3H3,(H,37,39,40);1-2H3. The zero-order valence-electron chi connectivity index (χ0n) is 26.8. The molecule has 0 amide bonds. The molecule has 0 bridgehead atoms. The summed E-state index contributed by atoms with van der Waals surface area (Å²) in [5.41, 5.74) is 1.28. The van der Waals surface area contributed by atoms with Gasteiger partial charge in [0.15, 0.2) is 5.82 Å². The van der Waals surface area contributed by atoms with Crippen LogP contribution in [0.4, 0.5) is 39.4 Å². The number of hydrogen-bond acceptors (Lipinski definition) is 10. The number of nitrogen functional groups attached to an aromatic ring is 1. The first kappa shape index (κ1) is 35.0. The summed E-state index contributed by atoms with van der Waals surface area (Å²) in [6.07, 6.45) is -4.97. The molecule has 252 valence electrons. The van der Waals surface area contributed by atoms with E-state index in [2.05, 4.69) is 36.9 Å². The molecule has 15 heteroatoms. The molecular formula is C31H41F5N8O2. The van der Waals surface area contributed by atoms with Gasteiger partial charge in [-0.2, -0.15) is 18.2 Å². The molecule has 3 N–H and O–H groups in total. The number of nitrogens with one attached hydrogen (secondary N) is 1. The first-order chi connectivity index (χ1) is 21.9. The molecule has 1 atom stereocenters. The highest BCUT2D eigenvalue weighted by molar-refractivity contribution is 5.97. The molecule has 1 unspecified atom stereocenters. The van der Waals surface area contributed by atoms with Crippen molar-refractivity contribution in [3.8, 4) is 17.1 Å². The predicted octanol–water partition coefficient (Wildman–Crippen LogP) is 5.72. The van der Waals surface area contributed by atoms with Crippen LogP contribution >= 0.6 is 0 Å². The minimum atomic E-state index is -5.04. The molecule has 2 aliphatic rings. The number of morpholine rings is 1. The summed E-state index contributed by atoms with van der Waals surface area (Å²) in [6.45, 7) is 16.6. The molecule has 2 aliphatic heterocycles. The Morgan fingerprint density at radius 2 is 1.83 bits per heavy atom. The molecule has 0 saturated carbocycles. The zero-order valence-corrected chi connectivity index (χ0v) is 26.8. The second-order valence-electron chi connectivity index (χ2n) is 10.9. The average Bonchev–Trinajstić information content (AvgIpc) is 3.01. The number of nitrogens with two attached hydrogens (primary N) is 1. The van der Waals surface area contributed by atoms with Crippen molar-refractivity contribution in [1.29, 1.82) is 0 Å². The molecule has 0 radical (unpaired) electrons. The highest BCUT2D eigenvalue weighted by Crippen LogP contribution is 2.45. The van der Waals surface area contributed by atoms with Crippen molar-refractivity contribution < 1.29 is 31.4 Å². The van der Waals surface area contributed by atoms with Gasteiger partial charge in [-0.05, 0) is 38.6 Å². The predicted molar refractivity (Wildman–Crippen MR) is 170 cm³/mol. The van der Waals surface area contributed by atoms with E-state index in [0.29, 0.717) is 39.3 Å². The topological polar surface area (TPSA) is 114 Å². The maximum Gasteiger partial charge on any atom is 0.417 e. The van der Waals surface area contributed by atoms with Crippen LogP contribution in [0.3, 0.4) is 0 Å². The molecule has 3 aromatic rings. The van der Waals surface area contributed by atoms with Crippen molar-refractivity contribution in [2.45, 2.75) is 59.4 Å². The number of hydrogen-bond donors (Lipinski definition) is 2. The van der Waals surface area contributed by atoms with Gasteiger partial charge in [-0.15, -0.1) is 0 Å². The van der Waals surface area contributed by atoms with Crippen molar-refractivity contribution >= 4 is 35.1 Å². The van der Waals surface area contributed by atoms with E-state index >= 15 is 4.39 Å². The first-order valence-electron chi connectivity index (χ1n) is 15.4. The van der Waals surface area contributed by atoms with E-state index in [1.807, 2.05) is 25.7 Å². The van der Waals surface area contributed by atoms with Crippen molar-refractivity contribution in [2.75, 3.05) is 68.4 Å². The third kappa shape index (κ3) is 7.09. The largest absolute Gasteiger partial charge is 0.474 e. The quantitative estimate of drug-likeness (QED) is 0.123. The van der Waals surface area contributed by atoms with Crippen LogP contribution in [0.25, 0.3) is 22.2 Å². The number of aromatic nitrogens is 3. The van der Waals surface area contributed by atoms with E-state index < -0.39 is 52.0 Å². The molecule has 46 heavy (non-hydrogen) atoms. The molecule has 4 heterocycles. The van der Waals surface area contributed by atoms with Crippen LogP contribution in [-0.4, -0.2) is 91.2 Å². The van der Waals surface area contributed by atoms with Crippen molar-refractivity contribution in [1.82, 2.24) is 19.9 Å². The van der Waals surface area contributed by atoms with Gasteiger partial charge in [0.2, 0.25) is 11.8 Å². The number of fused-ring (bicyclic) bond motifs is 1. The number of rotatable bonds is 10. The van der Waals surface area contributed by atoms with Crippen molar-refractivity contribution in [2.24, 2.45) is 4.99 Å². The lowest BCUT2D eigenvalue weighted by molar-refractivity contribution is -0.137. The summed E-state index contributed by atoms with van der Waals surface area (Å²) >= 11 is 0. The van der Waals surface area contributed by atoms with E-state index in [9.17, 15) is 17.6 Å². The van der Waals surface area contributed by atoms with E-state index in [1.165, 1.54) is 0 Å². The summed E-state index contributed by atoms with van der Waals surface area (Å²) in [4.78, 5) is 21.4. The third-order valence-electron chi connectivity index (χ3n) is 7.96. The summed E-state index contributed by atoms with van der Waals surface area (Å²) in [5.74, 6) is -2.18. The maximum atomic E-state index is 16.6. The molecule has 2 aromatic heterocycles. The van der Waals surface area contributed by atoms with Crippen molar-refractivity contribution in [3.63, 3.8) is 0 Å². The van der Waals surface area contributed by atoms with Crippen LogP contribution in [0.15, 0.2) is 11.1 Å². The van der Waals surface area contributed by atoms with Gasteiger partial charge in [-0.1, -0.05) is 20.8 Å². The Morgan fingerprint density at radius 1 is 1.15 bits per heavy atom. The number of nitrogens with zero attached hydrogens (tertiary/aromatic N) is 6. The second kappa shape index (κ2) is 14.7. The Morgan fingerprint density at radius 3 is 2.43 bits per heavy atom. The van der Waals surface area contributed by atoms with Crippen LogP contribution in [0.1, 0.15) is 45.2 Å². The second-order valence-corrected chi connectivity index (χ2v) is 10.9. The summed E-state index contributed by atoms with van der Waals surface area (Å²) < 4.78 is 85.6. The summed E-state index contributed by atoms with van der Waals surface area (Å²) in [6, 6.07) is 0.968. The van der Waals surface area contributed by atoms with Gasteiger partial charge >= 0.3 is 6.18 Å². The number of halogens is 5. The van der Waals surface area contributed by atoms with Gasteiger partial charge in [0.1, 0.15) is 28.2 Å². The first-order valence-corrected chi connectivity index (χ1v) is 15.4. The van der Waals surface area contributed by atoms with Crippen LogP contribution in [-0.2, 0) is 10.9 Å². The fraction of sp³-hybridized carbons (Fsp3) is 0.548. The Balaban J connectivity index is 0.00000235. The molecule has 0 aliphatic carbocycles. The Hall–Kier alpha value is -3.85. The van der Waals surface area contributed by atoms with Gasteiger partial charge < -0.3 is 25.4 Å².